The van der Waals surface area contributed by atoms with Gasteiger partial charge < -0.3 is 4.74 Å². The maximum absolute atomic E-state index is 13.5. The molecule has 6 nitrogen and oxygen atoms in total. The summed E-state index contributed by atoms with van der Waals surface area (Å²) >= 11 is 20.4. The van der Waals surface area contributed by atoms with Crippen LogP contribution in [-0.2, 0) is 11.3 Å². The fourth-order valence-corrected chi connectivity index (χ4v) is 6.99. The first-order chi connectivity index (χ1) is 17.0. The van der Waals surface area contributed by atoms with Crippen LogP contribution in [-0.4, -0.2) is 40.4 Å². The number of thiophene rings is 1. The van der Waals surface area contributed by atoms with Crippen LogP contribution >= 0.6 is 46.1 Å². The predicted octanol–water partition coefficient (Wildman–Crippen LogP) is 6.34. The number of benzene rings is 1. The van der Waals surface area contributed by atoms with E-state index in [1.807, 2.05) is 29.3 Å². The van der Waals surface area contributed by atoms with Crippen molar-refractivity contribution in [2.75, 3.05) is 19.7 Å². The van der Waals surface area contributed by atoms with E-state index in [0.29, 0.717) is 44.2 Å². The van der Waals surface area contributed by atoms with Crippen LogP contribution in [0.2, 0.25) is 14.4 Å². The number of rotatable bonds is 4. The minimum atomic E-state index is -0.228. The number of carbonyl (C=O) groups excluding carboxylic acids is 1. The average molecular weight is 550 g/mol. The number of halogens is 3. The van der Waals surface area contributed by atoms with E-state index in [1.165, 1.54) is 30.6 Å². The molecule has 1 saturated heterocycles. The summed E-state index contributed by atoms with van der Waals surface area (Å²) in [7, 11) is 0. The van der Waals surface area contributed by atoms with E-state index in [9.17, 15) is 4.79 Å². The molecule has 4 heterocycles. The van der Waals surface area contributed by atoms with Crippen molar-refractivity contribution < 1.29 is 9.53 Å². The highest BCUT2D eigenvalue weighted by atomic mass is 35.5. The topological polar surface area (TPSA) is 59.4 Å². The third-order valence-electron chi connectivity index (χ3n) is 7.04. The van der Waals surface area contributed by atoms with Crippen molar-refractivity contribution in [1.29, 1.82) is 0 Å². The summed E-state index contributed by atoms with van der Waals surface area (Å²) in [5, 5.41) is 7.80. The summed E-state index contributed by atoms with van der Waals surface area (Å²) in [6.45, 7) is 2.46. The molecule has 3 aliphatic rings. The van der Waals surface area contributed by atoms with Crippen LogP contribution in [0.15, 0.2) is 30.3 Å². The monoisotopic (exact) mass is 548 g/mol. The van der Waals surface area contributed by atoms with Gasteiger partial charge in [0, 0.05) is 34.1 Å². The Morgan fingerprint density at radius 1 is 1.11 bits per heavy atom. The van der Waals surface area contributed by atoms with Crippen molar-refractivity contribution >= 4 is 63.7 Å². The summed E-state index contributed by atoms with van der Waals surface area (Å²) in [6.07, 6.45) is 5.80. The lowest BCUT2D eigenvalue weighted by Gasteiger charge is -2.20. The second kappa shape index (κ2) is 9.54. The number of hydrazine groups is 1. The molecule has 1 N–H and O–H groups in total. The molecule has 0 bridgehead atoms. The molecule has 1 saturated carbocycles. The third kappa shape index (κ3) is 4.54. The molecule has 2 unspecified atom stereocenters. The predicted molar refractivity (Wildman–Crippen MR) is 140 cm³/mol. The van der Waals surface area contributed by atoms with Crippen LogP contribution in [0, 0.1) is 11.8 Å². The molecule has 6 rings (SSSR count). The zero-order valence-corrected chi connectivity index (χ0v) is 21.9. The minimum absolute atomic E-state index is 0.228. The van der Waals surface area contributed by atoms with Gasteiger partial charge in [-0.25, -0.2) is 9.69 Å². The summed E-state index contributed by atoms with van der Waals surface area (Å²) < 4.78 is 8.36. The molecule has 35 heavy (non-hydrogen) atoms. The fourth-order valence-electron chi connectivity index (χ4n) is 5.47. The highest BCUT2D eigenvalue weighted by molar-refractivity contribution is 7.17. The van der Waals surface area contributed by atoms with E-state index < -0.39 is 0 Å². The van der Waals surface area contributed by atoms with Gasteiger partial charge in [-0.05, 0) is 61.1 Å². The second-order valence-corrected chi connectivity index (χ2v) is 11.9. The lowest BCUT2D eigenvalue weighted by atomic mass is 10.0. The van der Waals surface area contributed by atoms with E-state index in [0.717, 1.165) is 34.8 Å². The van der Waals surface area contributed by atoms with E-state index in [-0.39, 0.29) is 12.5 Å². The highest BCUT2D eigenvalue weighted by Gasteiger charge is 2.38. The maximum atomic E-state index is 13.5. The number of hydrogen-bond acceptors (Lipinski definition) is 5. The first-order valence-corrected chi connectivity index (χ1v) is 13.6. The van der Waals surface area contributed by atoms with Gasteiger partial charge in [0.05, 0.1) is 34.0 Å². The fraction of sp³-hybridized carbons (Fsp3) is 0.360. The standard InChI is InChI=1S/C25H23Cl3N4O2S/c26-17-4-6-21(20(27)9-17)32-24-16(8-18-5-7-22(28)35-18)12-34-13-19(24)23(29-32)25(33)30-31-10-14-2-1-3-15(14)11-31/h4-9,14-15H,1-3,10-13H2,(H,30,33)/b16-8+. The van der Waals surface area contributed by atoms with Gasteiger partial charge in [-0.2, -0.15) is 5.10 Å². The highest BCUT2D eigenvalue weighted by Crippen LogP contribution is 2.38. The Bertz CT molecular complexity index is 1320. The maximum Gasteiger partial charge on any atom is 0.286 e. The number of ether oxygens (including phenoxy) is 1. The zero-order valence-electron chi connectivity index (χ0n) is 18.8. The molecule has 1 aliphatic carbocycles. The van der Waals surface area contributed by atoms with Gasteiger partial charge in [0.25, 0.3) is 5.91 Å². The molecule has 1 amide bonds. The Hall–Kier alpha value is -1.87. The molecule has 2 fully saturated rings. The number of carbonyl (C=O) groups is 1. The van der Waals surface area contributed by atoms with E-state index in [4.69, 9.17) is 44.6 Å². The van der Waals surface area contributed by atoms with Gasteiger partial charge >= 0.3 is 0 Å². The average Bonchev–Trinajstić information content (AvgIpc) is 3.58. The Kier molecular flexibility index (Phi) is 6.41. The van der Waals surface area contributed by atoms with Gasteiger partial charge in [0.1, 0.15) is 0 Å². The van der Waals surface area contributed by atoms with Crippen LogP contribution in [0.1, 0.15) is 45.9 Å². The van der Waals surface area contributed by atoms with Crippen molar-refractivity contribution in [3.63, 3.8) is 0 Å². The van der Waals surface area contributed by atoms with E-state index in [2.05, 4.69) is 5.43 Å². The van der Waals surface area contributed by atoms with Crippen LogP contribution in [0.4, 0.5) is 0 Å². The number of nitrogens with one attached hydrogen (secondary N) is 1. The van der Waals surface area contributed by atoms with Crippen LogP contribution < -0.4 is 5.43 Å². The van der Waals surface area contributed by atoms with Crippen molar-refractivity contribution in [2.45, 2.75) is 25.9 Å². The molecule has 3 aromatic rings. The van der Waals surface area contributed by atoms with Crippen molar-refractivity contribution in [1.82, 2.24) is 20.2 Å². The van der Waals surface area contributed by atoms with Gasteiger partial charge in [-0.15, -0.1) is 11.3 Å². The lowest BCUT2D eigenvalue weighted by molar-refractivity contribution is 0.0802. The summed E-state index contributed by atoms with van der Waals surface area (Å²) in [6, 6.07) is 9.08. The van der Waals surface area contributed by atoms with Crippen LogP contribution in [0.5, 0.6) is 0 Å². The SMILES string of the molecule is O=C(NN1CC2CCCC2C1)c1nn(-c2ccc(Cl)cc2Cl)c2c1COC/C2=C\c1ccc(Cl)s1. The molecule has 182 valence electrons. The molecule has 2 atom stereocenters. The number of hydrogen-bond donors (Lipinski definition) is 1. The summed E-state index contributed by atoms with van der Waals surface area (Å²) in [5.74, 6) is 1.12. The normalized spacial score (nSPS) is 23.0. The number of fused-ring (bicyclic) bond motifs is 2. The Labute approximate surface area is 222 Å². The largest absolute Gasteiger partial charge is 0.372 e. The minimum Gasteiger partial charge on any atom is -0.372 e. The molecular weight excluding hydrogens is 527 g/mol. The second-order valence-electron chi connectivity index (χ2n) is 9.28. The zero-order chi connectivity index (χ0) is 24.1. The van der Waals surface area contributed by atoms with Crippen molar-refractivity contribution in [3.8, 4) is 5.69 Å². The van der Waals surface area contributed by atoms with Gasteiger partial charge in [-0.3, -0.25) is 10.2 Å². The Balaban J connectivity index is 1.41. The summed E-state index contributed by atoms with van der Waals surface area (Å²) in [4.78, 5) is 14.5. The Morgan fingerprint density at radius 3 is 2.63 bits per heavy atom. The van der Waals surface area contributed by atoms with Crippen LogP contribution in [0.25, 0.3) is 17.3 Å². The number of nitrogens with zero attached hydrogens (tertiary/aromatic N) is 3. The van der Waals surface area contributed by atoms with Gasteiger partial charge in [0.15, 0.2) is 5.69 Å². The number of amides is 1. The Morgan fingerprint density at radius 2 is 1.91 bits per heavy atom. The molecule has 1 aromatic carbocycles. The molecule has 2 aromatic heterocycles. The smallest absolute Gasteiger partial charge is 0.286 e. The van der Waals surface area contributed by atoms with Gasteiger partial charge in [0.2, 0.25) is 0 Å². The quantitative estimate of drug-likeness (QED) is 0.412. The van der Waals surface area contributed by atoms with Gasteiger partial charge in [-0.1, -0.05) is 41.2 Å². The molecule has 0 spiro atoms. The first-order valence-electron chi connectivity index (χ1n) is 11.6. The lowest BCUT2D eigenvalue weighted by Crippen LogP contribution is -2.41. The summed E-state index contributed by atoms with van der Waals surface area (Å²) in [5.41, 5.74) is 6.56. The molecule has 0 radical (unpaired) electrons. The van der Waals surface area contributed by atoms with E-state index >= 15 is 0 Å². The third-order valence-corrected chi connectivity index (χ3v) is 8.76. The molecule has 2 aliphatic heterocycles. The van der Waals surface area contributed by atoms with Crippen molar-refractivity contribution in [3.05, 3.63) is 66.5 Å². The van der Waals surface area contributed by atoms with Crippen molar-refractivity contribution in [2.24, 2.45) is 11.8 Å². The molecule has 10 heteroatoms. The first kappa shape index (κ1) is 23.5. The number of aromatic nitrogens is 2. The molecular formula is C25H23Cl3N4O2S. The van der Waals surface area contributed by atoms with E-state index in [1.54, 1.807) is 16.8 Å². The van der Waals surface area contributed by atoms with Crippen LogP contribution in [0.3, 0.4) is 0 Å².